The third-order valence-corrected chi connectivity index (χ3v) is 17.3. The summed E-state index contributed by atoms with van der Waals surface area (Å²) in [5.41, 5.74) is 0. The molecule has 0 radical (unpaired) electrons. The van der Waals surface area contributed by atoms with Crippen LogP contribution in [-0.4, -0.2) is 47.4 Å². The summed E-state index contributed by atoms with van der Waals surface area (Å²) in [4.78, 5) is 24.6. The maximum Gasteiger partial charge on any atom is 0.305 e. The molecule has 0 aromatic heterocycles. The molecule has 2 atom stereocenters. The standard InChI is InChI=1S/C73H143NO5/c1-3-5-7-9-11-13-15-16-17-18-33-37-40-43-47-51-55-59-63-67-73(78)79-68-64-60-56-52-48-44-41-38-35-32-30-28-26-24-22-20-19-21-23-25-27-29-31-34-36-39-42-46-50-54-58-62-66-72(77)74-70(69-75)71(76)65-61-57-53-49-45-14-12-10-8-6-4-2/h61,65,70-71,75-76H,3-60,62-64,66-69H2,1-2H3,(H,74,77)/b65-61+. The highest BCUT2D eigenvalue weighted by molar-refractivity contribution is 5.76. The summed E-state index contributed by atoms with van der Waals surface area (Å²) in [6.07, 6.45) is 86.1. The number of esters is 1. The molecule has 3 N–H and O–H groups in total. The molecule has 1 amide bonds. The van der Waals surface area contributed by atoms with Crippen molar-refractivity contribution in [2.75, 3.05) is 13.2 Å². The Labute approximate surface area is 495 Å². The molecule has 470 valence electrons. The first-order chi connectivity index (χ1) is 39.0. The fourth-order valence-corrected chi connectivity index (χ4v) is 11.8. The molecule has 0 saturated heterocycles. The second kappa shape index (κ2) is 69.1. The van der Waals surface area contributed by atoms with E-state index < -0.39 is 12.1 Å². The third kappa shape index (κ3) is 65.6. The van der Waals surface area contributed by atoms with E-state index in [1.807, 2.05) is 6.08 Å². The van der Waals surface area contributed by atoms with Gasteiger partial charge in [-0.2, -0.15) is 0 Å². The first kappa shape index (κ1) is 77.6. The highest BCUT2D eigenvalue weighted by atomic mass is 16.5. The van der Waals surface area contributed by atoms with Crippen molar-refractivity contribution in [2.45, 2.75) is 431 Å². The number of rotatable bonds is 69. The summed E-state index contributed by atoms with van der Waals surface area (Å²) < 4.78 is 5.52. The summed E-state index contributed by atoms with van der Waals surface area (Å²) in [7, 11) is 0. The monoisotopic (exact) mass is 1110 g/mol. The number of nitrogens with one attached hydrogen (secondary N) is 1. The number of carbonyl (C=O) groups is 2. The fourth-order valence-electron chi connectivity index (χ4n) is 11.8. The molecule has 79 heavy (non-hydrogen) atoms. The average Bonchev–Trinajstić information content (AvgIpc) is 3.45. The number of amides is 1. The largest absolute Gasteiger partial charge is 0.466 e. The van der Waals surface area contributed by atoms with E-state index in [9.17, 15) is 19.8 Å². The molecule has 6 heteroatoms. The van der Waals surface area contributed by atoms with Gasteiger partial charge in [0.05, 0.1) is 25.4 Å². The van der Waals surface area contributed by atoms with Crippen LogP contribution >= 0.6 is 0 Å². The summed E-state index contributed by atoms with van der Waals surface area (Å²) in [5.74, 6) is -0.0358. The van der Waals surface area contributed by atoms with Gasteiger partial charge in [0.25, 0.3) is 0 Å². The highest BCUT2D eigenvalue weighted by Crippen LogP contribution is 2.20. The van der Waals surface area contributed by atoms with Crippen LogP contribution < -0.4 is 5.32 Å². The number of carbonyl (C=O) groups excluding carboxylic acids is 2. The molecule has 0 aliphatic carbocycles. The predicted octanol–water partition coefficient (Wildman–Crippen LogP) is 23.5. The Morgan fingerprint density at radius 3 is 0.861 bits per heavy atom. The molecule has 0 heterocycles. The second-order valence-electron chi connectivity index (χ2n) is 25.3. The van der Waals surface area contributed by atoms with Crippen molar-refractivity contribution in [2.24, 2.45) is 0 Å². The molecule has 0 aromatic carbocycles. The van der Waals surface area contributed by atoms with E-state index in [0.29, 0.717) is 19.4 Å². The highest BCUT2D eigenvalue weighted by Gasteiger charge is 2.18. The molecule has 0 bridgehead atoms. The lowest BCUT2D eigenvalue weighted by Crippen LogP contribution is -2.45. The van der Waals surface area contributed by atoms with Gasteiger partial charge in [-0.3, -0.25) is 9.59 Å². The third-order valence-electron chi connectivity index (χ3n) is 17.3. The van der Waals surface area contributed by atoms with Gasteiger partial charge in [-0.05, 0) is 32.1 Å². The van der Waals surface area contributed by atoms with Crippen LogP contribution in [0.15, 0.2) is 12.2 Å². The van der Waals surface area contributed by atoms with Gasteiger partial charge < -0.3 is 20.3 Å². The van der Waals surface area contributed by atoms with Gasteiger partial charge in [-0.1, -0.05) is 386 Å². The first-order valence-electron chi connectivity index (χ1n) is 36.5. The fraction of sp³-hybridized carbons (Fsp3) is 0.945. The zero-order chi connectivity index (χ0) is 57.1. The van der Waals surface area contributed by atoms with Crippen LogP contribution in [-0.2, 0) is 14.3 Å². The number of aliphatic hydroxyl groups excluding tert-OH is 2. The lowest BCUT2D eigenvalue weighted by molar-refractivity contribution is -0.143. The zero-order valence-electron chi connectivity index (χ0n) is 53.9. The predicted molar refractivity (Wildman–Crippen MR) is 347 cm³/mol. The number of allylic oxidation sites excluding steroid dienone is 1. The van der Waals surface area contributed by atoms with Crippen LogP contribution in [0.4, 0.5) is 0 Å². The molecule has 0 aliphatic heterocycles. The Morgan fingerprint density at radius 2 is 0.582 bits per heavy atom. The van der Waals surface area contributed by atoms with Crippen LogP contribution in [0, 0.1) is 0 Å². The number of unbranched alkanes of at least 4 members (excludes halogenated alkanes) is 58. The Balaban J connectivity index is 3.28. The van der Waals surface area contributed by atoms with E-state index in [2.05, 4.69) is 19.2 Å². The van der Waals surface area contributed by atoms with Crippen molar-refractivity contribution in [1.29, 1.82) is 0 Å². The van der Waals surface area contributed by atoms with E-state index in [4.69, 9.17) is 4.74 Å². The van der Waals surface area contributed by atoms with Crippen LogP contribution in [0.1, 0.15) is 418 Å². The SMILES string of the molecule is CCCCCCCCCCC/C=C/C(O)C(CO)NC(=O)CCCCCCCCCCCCCCCCCCCCCCCCCCCCCCCCCCOC(=O)CCCCCCCCCCCCCCCCCCCCC. The van der Waals surface area contributed by atoms with Crippen LogP contribution in [0.3, 0.4) is 0 Å². The molecule has 0 saturated carbocycles. The first-order valence-corrected chi connectivity index (χ1v) is 36.5. The maximum absolute atomic E-state index is 12.4. The van der Waals surface area contributed by atoms with E-state index in [1.54, 1.807) is 6.08 Å². The Kier molecular flexibility index (Phi) is 67.9. The molecule has 6 nitrogen and oxygen atoms in total. The Bertz CT molecular complexity index is 1190. The van der Waals surface area contributed by atoms with Crippen molar-refractivity contribution in [3.05, 3.63) is 12.2 Å². The van der Waals surface area contributed by atoms with Gasteiger partial charge in [0.15, 0.2) is 0 Å². The van der Waals surface area contributed by atoms with Gasteiger partial charge >= 0.3 is 5.97 Å². The summed E-state index contributed by atoms with van der Waals surface area (Å²) in [5, 5.41) is 23.1. The topological polar surface area (TPSA) is 95.9 Å². The van der Waals surface area contributed by atoms with E-state index in [0.717, 1.165) is 38.5 Å². The van der Waals surface area contributed by atoms with Gasteiger partial charge in [0, 0.05) is 12.8 Å². The summed E-state index contributed by atoms with van der Waals surface area (Å²) >= 11 is 0. The van der Waals surface area contributed by atoms with Gasteiger partial charge in [-0.15, -0.1) is 0 Å². The molecule has 0 spiro atoms. The van der Waals surface area contributed by atoms with E-state index >= 15 is 0 Å². The van der Waals surface area contributed by atoms with Crippen molar-refractivity contribution >= 4 is 11.9 Å². The van der Waals surface area contributed by atoms with Crippen molar-refractivity contribution < 1.29 is 24.5 Å². The quantitative estimate of drug-likeness (QED) is 0.0320. The van der Waals surface area contributed by atoms with Crippen LogP contribution in [0.5, 0.6) is 0 Å². The Hall–Kier alpha value is -1.40. The molecule has 0 rings (SSSR count). The minimum absolute atomic E-state index is 0.0267. The normalized spacial score (nSPS) is 12.5. The number of hydrogen-bond acceptors (Lipinski definition) is 5. The smallest absolute Gasteiger partial charge is 0.305 e. The molecule has 0 fully saturated rings. The number of aliphatic hydroxyl groups is 2. The van der Waals surface area contributed by atoms with Crippen molar-refractivity contribution in [3.63, 3.8) is 0 Å². The second-order valence-corrected chi connectivity index (χ2v) is 25.3. The Morgan fingerprint density at radius 1 is 0.342 bits per heavy atom. The zero-order valence-corrected chi connectivity index (χ0v) is 53.9. The van der Waals surface area contributed by atoms with Crippen LogP contribution in [0.2, 0.25) is 0 Å². The maximum atomic E-state index is 12.4. The van der Waals surface area contributed by atoms with E-state index in [-0.39, 0.29) is 18.5 Å². The molecule has 0 aromatic rings. The molecule has 0 aliphatic rings. The average molecular weight is 1110 g/mol. The summed E-state index contributed by atoms with van der Waals surface area (Å²) in [6, 6.07) is -0.622. The molecule has 2 unspecified atom stereocenters. The minimum atomic E-state index is -0.839. The lowest BCUT2D eigenvalue weighted by atomic mass is 10.0. The van der Waals surface area contributed by atoms with Gasteiger partial charge in [0.1, 0.15) is 0 Å². The van der Waals surface area contributed by atoms with Crippen LogP contribution in [0.25, 0.3) is 0 Å². The van der Waals surface area contributed by atoms with Gasteiger partial charge in [0.2, 0.25) is 5.91 Å². The lowest BCUT2D eigenvalue weighted by Gasteiger charge is -2.20. The summed E-state index contributed by atoms with van der Waals surface area (Å²) in [6.45, 7) is 4.94. The molecular weight excluding hydrogens is 971 g/mol. The van der Waals surface area contributed by atoms with E-state index in [1.165, 1.54) is 353 Å². The minimum Gasteiger partial charge on any atom is -0.466 e. The van der Waals surface area contributed by atoms with Gasteiger partial charge in [-0.25, -0.2) is 0 Å². The molecular formula is C73H143NO5. The number of ether oxygens (including phenoxy) is 1. The van der Waals surface area contributed by atoms with Crippen molar-refractivity contribution in [3.8, 4) is 0 Å². The van der Waals surface area contributed by atoms with Crippen molar-refractivity contribution in [1.82, 2.24) is 5.32 Å². The number of hydrogen-bond donors (Lipinski definition) is 3.